The van der Waals surface area contributed by atoms with Crippen molar-refractivity contribution in [1.29, 1.82) is 0 Å². The number of fused-ring (bicyclic) bond motifs is 4. The topological polar surface area (TPSA) is 229 Å². The SMILES string of the molecule is CC(C)(C)[Si](C)(C)O[C@H]1[C@H]2OP(=O)([S-])OC[C@H]3O[C@@H](n4cc5c6c(ncnc64)NCCC5)C[C@@H]3OP([O-])(=S)OC[C@H]1O[C@H]2n1cnc2c(=O)n(CCO)cnc21.CC[NH+](CC)CC.CC[NH+](CC)CC. The standard InChI is InChI=1S/C32H46N8O11P2S2Si.2C6H15N/c1-32(2,3)56(4,5)51-25-21-14-46-52(43,54)49-19-11-22(39-12-18-7-6-8-33-27-23(18)28(39)35-15-34-27)47-20(19)13-45-53(44,55)50-26(25)31(48-21)40-17-36-24-29(40)37-16-38(9-10-41)30(24)42;2*1-4-7(5-2)6-3/h12,15-17,19-22,25-26,31,41H,6-11,13-14H2,1-5H3,(H,43,54)(H,44,55)(H,33,34,35);2*4-6H2,1-3H3/t19-,20+,21+,22+,25+,26+,31+,52?,53?;;/m0../s1. The minimum Gasteiger partial charge on any atom is -0.780 e. The van der Waals surface area contributed by atoms with E-state index < -0.39 is 70.4 Å². The Kier molecular flexibility index (Phi) is 19.9. The second-order valence-electron chi connectivity index (χ2n) is 19.4. The Balaban J connectivity index is 0.000000503. The van der Waals surface area contributed by atoms with Gasteiger partial charge in [-0.15, -0.1) is 0 Å². The number of quaternary nitrogens is 2. The maximum Gasteiger partial charge on any atom is 0.281 e. The van der Waals surface area contributed by atoms with Gasteiger partial charge in [0.2, 0.25) is 6.80 Å². The van der Waals surface area contributed by atoms with Crippen molar-refractivity contribution in [1.82, 2.24) is 33.6 Å². The van der Waals surface area contributed by atoms with Gasteiger partial charge in [0.25, 0.3) is 5.56 Å². The Labute approximate surface area is 423 Å². The number of ether oxygens (including phenoxy) is 2. The summed E-state index contributed by atoms with van der Waals surface area (Å²) in [5.74, 6) is 0.735. The van der Waals surface area contributed by atoms with Gasteiger partial charge in [0, 0.05) is 19.2 Å². The quantitative estimate of drug-likeness (QED) is 0.0909. The summed E-state index contributed by atoms with van der Waals surface area (Å²) in [5, 5.41) is 13.4. The fourth-order valence-corrected chi connectivity index (χ4v) is 12.9. The van der Waals surface area contributed by atoms with Gasteiger partial charge in [0.1, 0.15) is 61.5 Å². The minimum atomic E-state index is -4.40. The van der Waals surface area contributed by atoms with Crippen LogP contribution in [0.4, 0.5) is 5.82 Å². The molecule has 4 N–H and O–H groups in total. The van der Waals surface area contributed by atoms with E-state index in [2.05, 4.69) is 87.6 Å². The van der Waals surface area contributed by atoms with Crippen molar-refractivity contribution in [2.75, 3.05) is 71.0 Å². The van der Waals surface area contributed by atoms with Crippen LogP contribution < -0.4 is 25.6 Å². The molecule has 2 unspecified atom stereocenters. The van der Waals surface area contributed by atoms with Crippen LogP contribution in [-0.2, 0) is 73.6 Å². The van der Waals surface area contributed by atoms with E-state index in [1.807, 2.05) is 23.9 Å². The van der Waals surface area contributed by atoms with Gasteiger partial charge in [-0.1, -0.05) is 32.6 Å². The fourth-order valence-electron chi connectivity index (χ4n) is 8.76. The zero-order valence-electron chi connectivity index (χ0n) is 42.6. The molecule has 9 atom stereocenters. The zero-order chi connectivity index (χ0) is 51.2. The van der Waals surface area contributed by atoms with Crippen LogP contribution in [0.5, 0.6) is 0 Å². The highest BCUT2D eigenvalue weighted by Crippen LogP contribution is 2.55. The van der Waals surface area contributed by atoms with E-state index in [9.17, 15) is 19.4 Å². The summed E-state index contributed by atoms with van der Waals surface area (Å²) in [4.78, 5) is 48.3. The normalized spacial score (nSPS) is 28.5. The first-order valence-electron chi connectivity index (χ1n) is 24.7. The average Bonchev–Trinajstić information content (AvgIpc) is 4.06. The number of aliphatic hydroxyl groups excluding tert-OH is 1. The van der Waals surface area contributed by atoms with Crippen LogP contribution in [0.3, 0.4) is 0 Å². The van der Waals surface area contributed by atoms with Crippen LogP contribution in [-0.4, -0.2) is 143 Å². The van der Waals surface area contributed by atoms with Crippen LogP contribution in [0.2, 0.25) is 18.1 Å². The highest BCUT2D eigenvalue weighted by molar-refractivity contribution is 8.32. The monoisotopic (exact) mass is 1070 g/mol. The maximum atomic E-state index is 14.3. The maximum absolute atomic E-state index is 14.3. The van der Waals surface area contributed by atoms with E-state index in [0.29, 0.717) is 5.65 Å². The highest BCUT2D eigenvalue weighted by Gasteiger charge is 2.53. The number of aliphatic hydroxyl groups is 1. The molecule has 3 saturated heterocycles. The Morgan fingerprint density at radius 2 is 1.57 bits per heavy atom. The summed E-state index contributed by atoms with van der Waals surface area (Å²) < 4.78 is 62.8. The Morgan fingerprint density at radius 1 is 0.914 bits per heavy atom. The molecule has 21 nitrogen and oxygen atoms in total. The number of anilines is 1. The molecule has 0 saturated carbocycles. The first-order valence-corrected chi connectivity index (χ1v) is 32.7. The molecule has 4 aliphatic heterocycles. The number of hydrogen-bond donors (Lipinski definition) is 4. The molecule has 0 amide bonds. The van der Waals surface area contributed by atoms with Crippen molar-refractivity contribution in [3.63, 3.8) is 0 Å². The average molecular weight is 1080 g/mol. The van der Waals surface area contributed by atoms with E-state index >= 15 is 0 Å². The van der Waals surface area contributed by atoms with Crippen LogP contribution >= 0.6 is 13.5 Å². The second kappa shape index (κ2) is 24.4. The summed E-state index contributed by atoms with van der Waals surface area (Å²) in [6.07, 6.45) is 1.01. The van der Waals surface area contributed by atoms with Crippen LogP contribution in [0.25, 0.3) is 22.2 Å². The number of rotatable bonds is 12. The smallest absolute Gasteiger partial charge is 0.281 e. The third kappa shape index (κ3) is 13.4. The van der Waals surface area contributed by atoms with Crippen LogP contribution in [0, 0.1) is 0 Å². The van der Waals surface area contributed by atoms with Gasteiger partial charge < -0.3 is 73.9 Å². The molecule has 3 fully saturated rings. The molecule has 394 valence electrons. The number of aryl methyl sites for hydroxylation is 1. The number of nitrogens with zero attached hydrogens (tertiary/aromatic N) is 7. The summed E-state index contributed by atoms with van der Waals surface area (Å²) in [6, 6.07) is 0. The van der Waals surface area contributed by atoms with E-state index in [1.54, 1.807) is 9.80 Å². The first kappa shape index (κ1) is 57.1. The van der Waals surface area contributed by atoms with E-state index in [-0.39, 0.29) is 49.0 Å². The predicted molar refractivity (Wildman–Crippen MR) is 274 cm³/mol. The van der Waals surface area contributed by atoms with Crippen LogP contribution in [0.15, 0.2) is 30.0 Å². The summed E-state index contributed by atoms with van der Waals surface area (Å²) >= 11 is 11.0. The van der Waals surface area contributed by atoms with Crippen molar-refractivity contribution < 1.29 is 56.4 Å². The molecule has 8 heterocycles. The Hall–Kier alpha value is -2.22. The molecule has 4 aliphatic rings. The summed E-state index contributed by atoms with van der Waals surface area (Å²) in [7, 11) is -2.65. The molecule has 0 radical (unpaired) electrons. The zero-order valence-corrected chi connectivity index (χ0v) is 47.0. The van der Waals surface area contributed by atoms with Gasteiger partial charge in [-0.2, -0.15) is 0 Å². The number of nitrogens with one attached hydrogen (secondary N) is 3. The molecular weight excluding hydrogens is 999 g/mol. The lowest BCUT2D eigenvalue weighted by molar-refractivity contribution is -0.894. The lowest BCUT2D eigenvalue weighted by Crippen LogP contribution is -3.11. The molecule has 8 rings (SSSR count). The molecule has 2 bridgehead atoms. The molecule has 26 heteroatoms. The van der Waals surface area contributed by atoms with Gasteiger partial charge in [-0.25, -0.2) is 19.9 Å². The Bertz CT molecular complexity index is 2480. The number of hydrogen-bond acceptors (Lipinski definition) is 18. The lowest BCUT2D eigenvalue weighted by atomic mass is 10.1. The number of aromatic nitrogens is 7. The van der Waals surface area contributed by atoms with Crippen molar-refractivity contribution >= 4 is 73.9 Å². The van der Waals surface area contributed by atoms with Gasteiger partial charge >= 0.3 is 0 Å². The third-order valence-electron chi connectivity index (χ3n) is 14.1. The summed E-state index contributed by atoms with van der Waals surface area (Å²) in [6.45, 7) is 22.3. The highest BCUT2D eigenvalue weighted by atomic mass is 32.7. The van der Waals surface area contributed by atoms with E-state index in [4.69, 9.17) is 56.1 Å². The summed E-state index contributed by atoms with van der Waals surface area (Å²) in [5.41, 5.74) is 1.34. The van der Waals surface area contributed by atoms with Crippen LogP contribution in [0.1, 0.15) is 93.2 Å². The van der Waals surface area contributed by atoms with Crippen molar-refractivity contribution in [2.45, 2.75) is 149 Å². The minimum absolute atomic E-state index is 0.00165. The molecule has 4 aromatic heterocycles. The van der Waals surface area contributed by atoms with Gasteiger partial charge in [-0.3, -0.25) is 18.5 Å². The van der Waals surface area contributed by atoms with Crippen molar-refractivity contribution in [3.8, 4) is 0 Å². The van der Waals surface area contributed by atoms with Gasteiger partial charge in [-0.05, 0) is 78.1 Å². The van der Waals surface area contributed by atoms with Gasteiger partial charge in [0.05, 0.1) is 83.5 Å². The fraction of sp³-hybridized carbons (Fsp3) is 0.750. The van der Waals surface area contributed by atoms with Crippen molar-refractivity contribution in [2.24, 2.45) is 0 Å². The Morgan fingerprint density at radius 3 is 2.19 bits per heavy atom. The van der Waals surface area contributed by atoms with Gasteiger partial charge in [0.15, 0.2) is 25.7 Å². The van der Waals surface area contributed by atoms with Crippen molar-refractivity contribution in [3.05, 3.63) is 41.1 Å². The lowest BCUT2D eigenvalue weighted by Gasteiger charge is -2.41. The molecule has 0 aliphatic carbocycles. The first-order chi connectivity index (χ1) is 33.1. The molecule has 0 spiro atoms. The third-order valence-corrected chi connectivity index (χ3v) is 21.7. The number of imidazole rings is 1. The molecule has 70 heavy (non-hydrogen) atoms. The largest absolute Gasteiger partial charge is 0.780 e. The van der Waals surface area contributed by atoms with E-state index in [0.717, 1.165) is 36.2 Å². The molecule has 4 aromatic rings. The van der Waals surface area contributed by atoms with E-state index in [1.165, 1.54) is 67.4 Å². The molecular formula is C44H76N10O11P2S2Si. The molecule has 0 aromatic carbocycles. The second-order valence-corrected chi connectivity index (χ2v) is 29.6. The predicted octanol–water partition coefficient (Wildman–Crippen LogP) is 2.88.